The van der Waals surface area contributed by atoms with Crippen LogP contribution in [0.4, 0.5) is 0 Å². The third-order valence-corrected chi connectivity index (χ3v) is 5.34. The van der Waals surface area contributed by atoms with Crippen molar-refractivity contribution < 1.29 is 9.90 Å². The zero-order chi connectivity index (χ0) is 16.1. The summed E-state index contributed by atoms with van der Waals surface area (Å²) in [6, 6.07) is 9.64. The number of rotatable bonds is 6. The Labute approximate surface area is 141 Å². The number of Topliss-reactive ketones (excluding diaryl/α,β-unsaturated/α-hetero) is 1. The molecule has 0 bridgehead atoms. The highest BCUT2D eigenvalue weighted by Gasteiger charge is 2.13. The molecule has 1 aliphatic heterocycles. The van der Waals surface area contributed by atoms with Crippen molar-refractivity contribution in [1.82, 2.24) is 4.90 Å². The molecule has 0 aliphatic carbocycles. The molecule has 1 aliphatic rings. The first kappa shape index (κ1) is 16.2. The Bertz CT molecular complexity index is 645. The van der Waals surface area contributed by atoms with Gasteiger partial charge in [-0.25, -0.2) is 0 Å². The predicted molar refractivity (Wildman–Crippen MR) is 94.2 cm³/mol. The molecule has 0 saturated carbocycles. The Balaban J connectivity index is 1.57. The summed E-state index contributed by atoms with van der Waals surface area (Å²) in [6.45, 7) is 3.06. The van der Waals surface area contributed by atoms with Crippen molar-refractivity contribution in [3.8, 4) is 5.75 Å². The van der Waals surface area contributed by atoms with Gasteiger partial charge in [0.05, 0.1) is 4.88 Å². The fraction of sp³-hybridized carbons (Fsp3) is 0.421. The number of ketones is 1. The molecule has 3 nitrogen and oxygen atoms in total. The second kappa shape index (κ2) is 7.75. The number of thiophene rings is 1. The van der Waals surface area contributed by atoms with Gasteiger partial charge in [-0.2, -0.15) is 0 Å². The summed E-state index contributed by atoms with van der Waals surface area (Å²) in [5, 5.41) is 12.2. The highest BCUT2D eigenvalue weighted by Crippen LogP contribution is 2.23. The summed E-state index contributed by atoms with van der Waals surface area (Å²) in [7, 11) is 0. The molecule has 23 heavy (non-hydrogen) atoms. The van der Waals surface area contributed by atoms with Gasteiger partial charge >= 0.3 is 0 Å². The lowest BCUT2D eigenvalue weighted by atomic mass is 10.0. The minimum absolute atomic E-state index is 0.178. The maximum Gasteiger partial charge on any atom is 0.173 e. The van der Waals surface area contributed by atoms with Crippen molar-refractivity contribution in [3.05, 3.63) is 51.7 Å². The average Bonchev–Trinajstić information content (AvgIpc) is 3.10. The molecule has 4 heteroatoms. The van der Waals surface area contributed by atoms with E-state index in [1.807, 2.05) is 35.7 Å². The van der Waals surface area contributed by atoms with E-state index in [0.717, 1.165) is 35.6 Å². The molecular weight excluding hydrogens is 306 g/mol. The van der Waals surface area contributed by atoms with Gasteiger partial charge in [0.25, 0.3) is 0 Å². The van der Waals surface area contributed by atoms with Crippen LogP contribution in [-0.4, -0.2) is 28.9 Å². The van der Waals surface area contributed by atoms with Gasteiger partial charge in [0, 0.05) is 18.5 Å². The van der Waals surface area contributed by atoms with Gasteiger partial charge in [-0.1, -0.05) is 24.6 Å². The number of benzene rings is 1. The van der Waals surface area contributed by atoms with Crippen LogP contribution in [0.2, 0.25) is 0 Å². The number of nitrogens with zero attached hydrogens (tertiary/aromatic N) is 1. The molecular formula is C19H23NO2S. The zero-order valence-corrected chi connectivity index (χ0v) is 14.1. The fourth-order valence-electron chi connectivity index (χ4n) is 3.08. The van der Waals surface area contributed by atoms with E-state index in [1.165, 1.54) is 30.6 Å². The molecule has 122 valence electrons. The van der Waals surface area contributed by atoms with Gasteiger partial charge in [-0.15, -0.1) is 11.3 Å². The lowest BCUT2D eigenvalue weighted by molar-refractivity contribution is 0.0986. The number of likely N-dealkylation sites (tertiary alicyclic amines) is 1. The van der Waals surface area contributed by atoms with E-state index in [-0.39, 0.29) is 5.78 Å². The van der Waals surface area contributed by atoms with E-state index in [2.05, 4.69) is 4.90 Å². The first-order valence-electron chi connectivity index (χ1n) is 8.32. The van der Waals surface area contributed by atoms with Gasteiger partial charge in [0.15, 0.2) is 5.78 Å². The number of carbonyl (C=O) groups excluding carboxylic acids is 1. The zero-order valence-electron chi connectivity index (χ0n) is 13.3. The van der Waals surface area contributed by atoms with Crippen LogP contribution >= 0.6 is 11.3 Å². The Morgan fingerprint density at radius 2 is 2.00 bits per heavy atom. The van der Waals surface area contributed by atoms with Gasteiger partial charge in [-0.05, 0) is 55.4 Å². The van der Waals surface area contributed by atoms with Crippen molar-refractivity contribution in [2.45, 2.75) is 38.6 Å². The predicted octanol–water partition coefficient (Wildman–Crippen LogP) is 4.26. The minimum Gasteiger partial charge on any atom is -0.508 e. The molecule has 3 rings (SSSR count). The van der Waals surface area contributed by atoms with Gasteiger partial charge in [0.2, 0.25) is 0 Å². The number of phenols is 1. The lowest BCUT2D eigenvalue weighted by Gasteiger charge is -2.26. The summed E-state index contributed by atoms with van der Waals surface area (Å²) in [6.07, 6.45) is 4.99. The average molecular weight is 329 g/mol. The van der Waals surface area contributed by atoms with Crippen molar-refractivity contribution in [3.63, 3.8) is 0 Å². The second-order valence-electron chi connectivity index (χ2n) is 6.20. The summed E-state index contributed by atoms with van der Waals surface area (Å²) >= 11 is 1.49. The summed E-state index contributed by atoms with van der Waals surface area (Å²) < 4.78 is 0. The second-order valence-corrected chi connectivity index (χ2v) is 7.15. The fourth-order valence-corrected chi connectivity index (χ4v) is 3.77. The largest absolute Gasteiger partial charge is 0.508 e. The van der Waals surface area contributed by atoms with Crippen LogP contribution < -0.4 is 0 Å². The van der Waals surface area contributed by atoms with E-state index >= 15 is 0 Å². The first-order valence-corrected chi connectivity index (χ1v) is 9.20. The number of hydrogen-bond acceptors (Lipinski definition) is 4. The number of phenolic OH excluding ortho intramolecular Hbond substituents is 1. The molecule has 2 aromatic rings. The molecule has 1 aromatic carbocycles. The molecule has 2 heterocycles. The molecule has 0 amide bonds. The van der Waals surface area contributed by atoms with Crippen LogP contribution in [0.15, 0.2) is 35.7 Å². The molecule has 0 unspecified atom stereocenters. The smallest absolute Gasteiger partial charge is 0.173 e. The highest BCUT2D eigenvalue weighted by atomic mass is 32.1. The van der Waals surface area contributed by atoms with E-state index in [4.69, 9.17) is 0 Å². The molecule has 1 fully saturated rings. The Hall–Kier alpha value is -1.65. The number of aryl methyl sites for hydroxylation is 1. The van der Waals surface area contributed by atoms with Gasteiger partial charge in [0.1, 0.15) is 5.75 Å². The molecule has 0 radical (unpaired) electrons. The van der Waals surface area contributed by atoms with Crippen LogP contribution in [0.3, 0.4) is 0 Å². The third-order valence-electron chi connectivity index (χ3n) is 4.43. The van der Waals surface area contributed by atoms with Crippen LogP contribution in [0, 0.1) is 0 Å². The summed E-state index contributed by atoms with van der Waals surface area (Å²) in [4.78, 5) is 15.3. The normalized spacial score (nSPS) is 15.7. The quantitative estimate of drug-likeness (QED) is 0.805. The van der Waals surface area contributed by atoms with Crippen molar-refractivity contribution in [2.24, 2.45) is 0 Å². The van der Waals surface area contributed by atoms with Crippen LogP contribution in [0.25, 0.3) is 0 Å². The summed E-state index contributed by atoms with van der Waals surface area (Å²) in [5.41, 5.74) is 2.01. The van der Waals surface area contributed by atoms with Crippen LogP contribution in [0.1, 0.15) is 46.5 Å². The maximum absolute atomic E-state index is 12.0. The first-order chi connectivity index (χ1) is 11.2. The third kappa shape index (κ3) is 4.43. The number of carbonyl (C=O) groups is 1. The van der Waals surface area contributed by atoms with Crippen molar-refractivity contribution >= 4 is 17.1 Å². The molecule has 0 spiro atoms. The van der Waals surface area contributed by atoms with Crippen LogP contribution in [-0.2, 0) is 13.0 Å². The monoisotopic (exact) mass is 329 g/mol. The Morgan fingerprint density at radius 1 is 1.17 bits per heavy atom. The Morgan fingerprint density at radius 3 is 2.70 bits per heavy atom. The van der Waals surface area contributed by atoms with Gasteiger partial charge < -0.3 is 5.11 Å². The van der Waals surface area contributed by atoms with E-state index in [1.54, 1.807) is 0 Å². The molecule has 1 N–H and O–H groups in total. The maximum atomic E-state index is 12.0. The number of piperidine rings is 1. The molecule has 1 saturated heterocycles. The van der Waals surface area contributed by atoms with E-state index in [9.17, 15) is 9.90 Å². The van der Waals surface area contributed by atoms with Crippen molar-refractivity contribution in [1.29, 1.82) is 0 Å². The van der Waals surface area contributed by atoms with Crippen LogP contribution in [0.5, 0.6) is 5.75 Å². The van der Waals surface area contributed by atoms with Gasteiger partial charge in [-0.3, -0.25) is 9.69 Å². The SMILES string of the molecule is O=C(CCc1ccc(CN2CCCCC2)c(O)c1)c1cccs1. The standard InChI is InChI=1S/C19H23NO2S/c21-17(19-5-4-12-23-19)9-7-15-6-8-16(18(22)13-15)14-20-10-2-1-3-11-20/h4-6,8,12-13,22H,1-3,7,9-11,14H2. The number of aromatic hydroxyl groups is 1. The number of hydrogen-bond donors (Lipinski definition) is 1. The highest BCUT2D eigenvalue weighted by molar-refractivity contribution is 7.12. The summed E-state index contributed by atoms with van der Waals surface area (Å²) in [5.74, 6) is 0.536. The molecule has 0 atom stereocenters. The molecule has 1 aromatic heterocycles. The van der Waals surface area contributed by atoms with E-state index < -0.39 is 0 Å². The topological polar surface area (TPSA) is 40.5 Å². The minimum atomic E-state index is 0.178. The van der Waals surface area contributed by atoms with Crippen molar-refractivity contribution in [2.75, 3.05) is 13.1 Å². The Kier molecular flexibility index (Phi) is 5.47. The van der Waals surface area contributed by atoms with E-state index in [0.29, 0.717) is 18.6 Å². The lowest BCUT2D eigenvalue weighted by Crippen LogP contribution is -2.29.